The summed E-state index contributed by atoms with van der Waals surface area (Å²) in [5, 5.41) is 20.4. The maximum Gasteiger partial charge on any atom is 0.167 e. The molecule has 22 heavy (non-hydrogen) atoms. The molecule has 0 spiro atoms. The minimum atomic E-state index is 0.417. The second-order valence-electron chi connectivity index (χ2n) is 4.67. The highest BCUT2D eigenvalue weighted by Gasteiger charge is 2.10. The average molecular weight is 298 g/mol. The number of nitrogens with zero attached hydrogens (tertiary/aromatic N) is 3. The van der Waals surface area contributed by atoms with Crippen LogP contribution >= 0.6 is 0 Å². The molecule has 0 aliphatic heterocycles. The van der Waals surface area contributed by atoms with Gasteiger partial charge in [-0.1, -0.05) is 12.1 Å². The molecule has 0 aliphatic rings. The van der Waals surface area contributed by atoms with E-state index in [1.54, 1.807) is 7.11 Å². The summed E-state index contributed by atoms with van der Waals surface area (Å²) in [6.45, 7) is 4.61. The van der Waals surface area contributed by atoms with Gasteiger partial charge in [-0.25, -0.2) is 0 Å². The van der Waals surface area contributed by atoms with Crippen molar-refractivity contribution in [2.45, 2.75) is 13.8 Å². The van der Waals surface area contributed by atoms with Crippen LogP contribution in [-0.2, 0) is 0 Å². The zero-order valence-corrected chi connectivity index (χ0v) is 12.9. The number of aromatic nitrogens is 2. The first-order chi connectivity index (χ1) is 10.7. The van der Waals surface area contributed by atoms with Gasteiger partial charge in [0.15, 0.2) is 17.3 Å². The lowest BCUT2D eigenvalue weighted by atomic mass is 10.1. The Morgan fingerprint density at radius 1 is 1.18 bits per heavy atom. The summed E-state index contributed by atoms with van der Waals surface area (Å²) >= 11 is 0. The third-order valence-electron chi connectivity index (χ3n) is 3.29. The number of aryl methyl sites for hydroxylation is 1. The number of anilines is 1. The third-order valence-corrected chi connectivity index (χ3v) is 3.29. The predicted molar refractivity (Wildman–Crippen MR) is 83.2 cm³/mol. The number of hydrogen-bond acceptors (Lipinski definition) is 6. The first-order valence-corrected chi connectivity index (χ1v) is 6.91. The second kappa shape index (κ2) is 7.27. The summed E-state index contributed by atoms with van der Waals surface area (Å²) in [4.78, 5) is 0. The van der Waals surface area contributed by atoms with E-state index in [2.05, 4.69) is 21.6 Å². The number of ether oxygens (including phenoxy) is 2. The Hall–Kier alpha value is -2.81. The Labute approximate surface area is 129 Å². The van der Waals surface area contributed by atoms with Crippen LogP contribution in [0.25, 0.3) is 0 Å². The Balaban J connectivity index is 1.95. The van der Waals surface area contributed by atoms with Crippen molar-refractivity contribution in [2.75, 3.05) is 25.6 Å². The van der Waals surface area contributed by atoms with Crippen LogP contribution in [0.1, 0.15) is 16.8 Å². The van der Waals surface area contributed by atoms with E-state index in [4.69, 9.17) is 9.47 Å². The van der Waals surface area contributed by atoms with Crippen molar-refractivity contribution >= 4 is 5.82 Å². The molecule has 114 valence electrons. The number of para-hydroxylation sites is 2. The molecule has 0 bridgehead atoms. The van der Waals surface area contributed by atoms with E-state index in [9.17, 15) is 5.26 Å². The molecule has 1 aromatic heterocycles. The maximum atomic E-state index is 9.22. The smallest absolute Gasteiger partial charge is 0.167 e. The number of rotatable bonds is 6. The molecule has 0 unspecified atom stereocenters. The molecular weight excluding hydrogens is 280 g/mol. The normalized spacial score (nSPS) is 9.91. The van der Waals surface area contributed by atoms with E-state index >= 15 is 0 Å². The molecule has 0 amide bonds. The molecule has 1 aromatic carbocycles. The Morgan fingerprint density at radius 3 is 2.59 bits per heavy atom. The van der Waals surface area contributed by atoms with E-state index in [0.29, 0.717) is 36.0 Å². The SMILES string of the molecule is COc1ccccc1OCCNc1nnc(C)c(C)c1C#N. The largest absolute Gasteiger partial charge is 0.493 e. The summed E-state index contributed by atoms with van der Waals surface area (Å²) in [7, 11) is 1.60. The third kappa shape index (κ3) is 3.44. The van der Waals surface area contributed by atoms with Crippen molar-refractivity contribution in [3.8, 4) is 17.6 Å². The van der Waals surface area contributed by atoms with Gasteiger partial charge in [0.05, 0.1) is 19.3 Å². The lowest BCUT2D eigenvalue weighted by Gasteiger charge is -2.12. The van der Waals surface area contributed by atoms with Crippen LogP contribution in [0.3, 0.4) is 0 Å². The van der Waals surface area contributed by atoms with E-state index in [1.165, 1.54) is 0 Å². The zero-order chi connectivity index (χ0) is 15.9. The van der Waals surface area contributed by atoms with Crippen LogP contribution in [0.4, 0.5) is 5.82 Å². The number of benzene rings is 1. The number of nitriles is 1. The first-order valence-electron chi connectivity index (χ1n) is 6.91. The van der Waals surface area contributed by atoms with Gasteiger partial charge in [0.2, 0.25) is 0 Å². The summed E-state index contributed by atoms with van der Waals surface area (Å²) < 4.78 is 10.9. The van der Waals surface area contributed by atoms with Crippen molar-refractivity contribution in [1.29, 1.82) is 5.26 Å². The fourth-order valence-electron chi connectivity index (χ4n) is 1.94. The minimum Gasteiger partial charge on any atom is -0.493 e. The van der Waals surface area contributed by atoms with Crippen molar-refractivity contribution in [3.05, 3.63) is 41.1 Å². The highest BCUT2D eigenvalue weighted by atomic mass is 16.5. The molecule has 1 N–H and O–H groups in total. The summed E-state index contributed by atoms with van der Waals surface area (Å²) in [6, 6.07) is 9.60. The van der Waals surface area contributed by atoms with Gasteiger partial charge in [0.1, 0.15) is 18.2 Å². The van der Waals surface area contributed by atoms with Crippen LogP contribution < -0.4 is 14.8 Å². The number of methoxy groups -OCH3 is 1. The highest BCUT2D eigenvalue weighted by molar-refractivity contribution is 5.55. The molecular formula is C16H18N4O2. The van der Waals surface area contributed by atoms with Gasteiger partial charge in [0, 0.05) is 0 Å². The molecule has 0 fully saturated rings. The van der Waals surface area contributed by atoms with Crippen LogP contribution in [0.5, 0.6) is 11.5 Å². The highest BCUT2D eigenvalue weighted by Crippen LogP contribution is 2.25. The molecule has 1 heterocycles. The molecule has 6 nitrogen and oxygen atoms in total. The monoisotopic (exact) mass is 298 g/mol. The molecule has 0 saturated carbocycles. The van der Waals surface area contributed by atoms with Crippen LogP contribution in [0.15, 0.2) is 24.3 Å². The van der Waals surface area contributed by atoms with Crippen molar-refractivity contribution in [3.63, 3.8) is 0 Å². The number of nitrogens with one attached hydrogen (secondary N) is 1. The molecule has 2 aromatic rings. The van der Waals surface area contributed by atoms with E-state index in [1.807, 2.05) is 38.1 Å². The maximum absolute atomic E-state index is 9.22. The fourth-order valence-corrected chi connectivity index (χ4v) is 1.94. The first kappa shape index (κ1) is 15.6. The van der Waals surface area contributed by atoms with Crippen LogP contribution in [0.2, 0.25) is 0 Å². The lowest BCUT2D eigenvalue weighted by molar-refractivity contribution is 0.305. The van der Waals surface area contributed by atoms with Gasteiger partial charge in [0.25, 0.3) is 0 Å². The van der Waals surface area contributed by atoms with Gasteiger partial charge < -0.3 is 14.8 Å². The number of hydrogen-bond donors (Lipinski definition) is 1. The van der Waals surface area contributed by atoms with Gasteiger partial charge in [-0.15, -0.1) is 5.10 Å². The Kier molecular flexibility index (Phi) is 5.15. The van der Waals surface area contributed by atoms with E-state index < -0.39 is 0 Å². The molecule has 0 aliphatic carbocycles. The topological polar surface area (TPSA) is 80.1 Å². The van der Waals surface area contributed by atoms with Crippen molar-refractivity contribution in [1.82, 2.24) is 10.2 Å². The van der Waals surface area contributed by atoms with Gasteiger partial charge in [-0.3, -0.25) is 0 Å². The van der Waals surface area contributed by atoms with Crippen molar-refractivity contribution in [2.24, 2.45) is 0 Å². The summed E-state index contributed by atoms with van der Waals surface area (Å²) in [6.07, 6.45) is 0. The van der Waals surface area contributed by atoms with E-state index in [0.717, 1.165) is 11.3 Å². The minimum absolute atomic E-state index is 0.417. The molecule has 0 saturated heterocycles. The van der Waals surface area contributed by atoms with Crippen LogP contribution in [0, 0.1) is 25.2 Å². The van der Waals surface area contributed by atoms with Crippen molar-refractivity contribution < 1.29 is 9.47 Å². The Bertz CT molecular complexity index is 695. The van der Waals surface area contributed by atoms with Gasteiger partial charge >= 0.3 is 0 Å². The predicted octanol–water partition coefficient (Wildman–Crippen LogP) is 2.46. The molecule has 2 rings (SSSR count). The standard InChI is InChI=1S/C16H18N4O2/c1-11-12(2)19-20-16(13(11)10-17)18-8-9-22-15-7-5-4-6-14(15)21-3/h4-7H,8-9H2,1-3H3,(H,18,20). The quantitative estimate of drug-likeness (QED) is 0.825. The molecule has 0 radical (unpaired) electrons. The Morgan fingerprint density at radius 2 is 1.91 bits per heavy atom. The fraction of sp³-hybridized carbons (Fsp3) is 0.312. The zero-order valence-electron chi connectivity index (χ0n) is 12.9. The van der Waals surface area contributed by atoms with Crippen LogP contribution in [-0.4, -0.2) is 30.5 Å². The van der Waals surface area contributed by atoms with Gasteiger partial charge in [-0.2, -0.15) is 10.4 Å². The summed E-state index contributed by atoms with van der Waals surface area (Å²) in [5.74, 6) is 1.85. The average Bonchev–Trinajstić information content (AvgIpc) is 2.55. The molecule has 0 atom stereocenters. The van der Waals surface area contributed by atoms with E-state index in [-0.39, 0.29) is 0 Å². The lowest BCUT2D eigenvalue weighted by Crippen LogP contribution is -2.15. The van der Waals surface area contributed by atoms with Gasteiger partial charge in [-0.05, 0) is 31.5 Å². The second-order valence-corrected chi connectivity index (χ2v) is 4.67. The molecule has 6 heteroatoms. The summed E-state index contributed by atoms with van der Waals surface area (Å²) in [5.41, 5.74) is 2.11.